The van der Waals surface area contributed by atoms with Gasteiger partial charge in [0.05, 0.1) is 0 Å². The molecule has 0 fully saturated rings. The lowest BCUT2D eigenvalue weighted by atomic mass is 10.0. The molecule has 0 aromatic heterocycles. The van der Waals surface area contributed by atoms with E-state index in [1.165, 1.54) is 0 Å². The number of carbonyl (C=O) groups excluding carboxylic acids is 1. The minimum atomic E-state index is 0.315. The van der Waals surface area contributed by atoms with Gasteiger partial charge in [0.25, 0.3) is 0 Å². The van der Waals surface area contributed by atoms with Crippen molar-refractivity contribution in [3.05, 3.63) is 0 Å². The minimum absolute atomic E-state index is 0.315. The molecule has 1 nitrogen and oxygen atoms in total. The molecule has 0 aliphatic heterocycles. The van der Waals surface area contributed by atoms with Crippen molar-refractivity contribution in [1.29, 1.82) is 0 Å². The largest absolute Gasteiger partial charge is 0.287 e. The second kappa shape index (κ2) is 5.21. The maximum atomic E-state index is 10.8. The van der Waals surface area contributed by atoms with Crippen molar-refractivity contribution in [1.82, 2.24) is 0 Å². The van der Waals surface area contributed by atoms with Gasteiger partial charge in [0.2, 0.25) is 0 Å². The van der Waals surface area contributed by atoms with Crippen LogP contribution in [0.5, 0.6) is 0 Å². The molecule has 0 aromatic rings. The zero-order valence-electron chi connectivity index (χ0n) is 5.98. The molecule has 1 atom stereocenters. The summed E-state index contributed by atoms with van der Waals surface area (Å²) < 4.78 is 0.317. The molecule has 54 valence electrons. The van der Waals surface area contributed by atoms with Gasteiger partial charge in [-0.15, -0.1) is 0 Å². The Kier molecular flexibility index (Phi) is 5.44. The van der Waals surface area contributed by atoms with Crippen molar-refractivity contribution in [2.45, 2.75) is 33.1 Å². The Balaban J connectivity index is 3.54. The maximum absolute atomic E-state index is 10.8. The molecule has 0 radical (unpaired) electrons. The summed E-state index contributed by atoms with van der Waals surface area (Å²) in [5.74, 6) is 0.315. The summed E-state index contributed by atoms with van der Waals surface area (Å²) in [6.45, 7) is 4.18. The van der Waals surface area contributed by atoms with Crippen molar-refractivity contribution < 1.29 is 4.79 Å². The van der Waals surface area contributed by atoms with Crippen LogP contribution >= 0.6 is 22.6 Å². The second-order valence-corrected chi connectivity index (χ2v) is 3.26. The first-order valence-corrected chi connectivity index (χ1v) is 4.49. The van der Waals surface area contributed by atoms with Gasteiger partial charge in [0.15, 0.2) is 3.79 Å². The Bertz CT molecular complexity index is 90.9. The van der Waals surface area contributed by atoms with Gasteiger partial charge < -0.3 is 0 Å². The summed E-state index contributed by atoms with van der Waals surface area (Å²) in [4.78, 5) is 10.8. The molecule has 0 saturated carbocycles. The monoisotopic (exact) mass is 240 g/mol. The fourth-order valence-electron chi connectivity index (χ4n) is 0.827. The molecule has 0 bridgehead atoms. The van der Waals surface area contributed by atoms with E-state index in [9.17, 15) is 4.79 Å². The fourth-order valence-corrected chi connectivity index (χ4v) is 1.58. The fraction of sp³-hybridized carbons (Fsp3) is 0.857. The predicted molar refractivity (Wildman–Crippen MR) is 47.7 cm³/mol. The van der Waals surface area contributed by atoms with E-state index in [1.807, 2.05) is 22.6 Å². The highest BCUT2D eigenvalue weighted by Crippen LogP contribution is 2.14. The molecule has 0 amide bonds. The third kappa shape index (κ3) is 3.89. The molecule has 0 heterocycles. The Morgan fingerprint density at radius 2 is 2.11 bits per heavy atom. The average molecular weight is 240 g/mol. The highest BCUT2D eigenvalue weighted by Gasteiger charge is 2.10. The van der Waals surface area contributed by atoms with Crippen LogP contribution in [0.1, 0.15) is 33.1 Å². The van der Waals surface area contributed by atoms with Crippen LogP contribution in [-0.4, -0.2) is 3.79 Å². The summed E-state index contributed by atoms with van der Waals surface area (Å²) in [5, 5.41) is 0. The summed E-state index contributed by atoms with van der Waals surface area (Å²) >= 11 is 1.89. The Hall–Kier alpha value is 0.400. The smallest absolute Gasteiger partial charge is 0.195 e. The zero-order chi connectivity index (χ0) is 7.28. The third-order valence-corrected chi connectivity index (χ3v) is 2.33. The van der Waals surface area contributed by atoms with E-state index in [4.69, 9.17) is 0 Å². The molecule has 0 aliphatic rings. The van der Waals surface area contributed by atoms with Crippen molar-refractivity contribution in [3.63, 3.8) is 0 Å². The van der Waals surface area contributed by atoms with E-state index in [2.05, 4.69) is 13.8 Å². The first-order valence-electron chi connectivity index (χ1n) is 3.41. The molecular formula is C7H13IO. The Labute approximate surface area is 70.4 Å². The summed E-state index contributed by atoms with van der Waals surface area (Å²) in [6.07, 6.45) is 3.17. The number of halogens is 1. The standard InChI is InChI=1S/C7H13IO/c1-3-5-6(4-2)7(8)9/h6H,3-5H2,1-2H3. The summed E-state index contributed by atoms with van der Waals surface area (Å²) in [7, 11) is 0. The topological polar surface area (TPSA) is 17.1 Å². The number of rotatable bonds is 4. The van der Waals surface area contributed by atoms with Gasteiger partial charge >= 0.3 is 0 Å². The molecule has 0 aliphatic carbocycles. The van der Waals surface area contributed by atoms with Gasteiger partial charge in [-0.1, -0.05) is 20.3 Å². The van der Waals surface area contributed by atoms with Gasteiger partial charge in [-0.2, -0.15) is 0 Å². The van der Waals surface area contributed by atoms with Crippen molar-refractivity contribution in [3.8, 4) is 0 Å². The van der Waals surface area contributed by atoms with Gasteiger partial charge in [-0.3, -0.25) is 4.79 Å². The lowest BCUT2D eigenvalue weighted by molar-refractivity contribution is -0.113. The molecule has 0 aromatic carbocycles. The predicted octanol–water partition coefficient (Wildman–Crippen LogP) is 2.77. The van der Waals surface area contributed by atoms with Crippen LogP contribution in [0.3, 0.4) is 0 Å². The van der Waals surface area contributed by atoms with Crippen LogP contribution in [-0.2, 0) is 4.79 Å². The van der Waals surface area contributed by atoms with E-state index >= 15 is 0 Å². The average Bonchev–Trinajstić information content (AvgIpc) is 1.82. The highest BCUT2D eigenvalue weighted by molar-refractivity contribution is 14.1. The van der Waals surface area contributed by atoms with Gasteiger partial charge in [0, 0.05) is 5.92 Å². The van der Waals surface area contributed by atoms with E-state index in [1.54, 1.807) is 0 Å². The van der Waals surface area contributed by atoms with Crippen LogP contribution in [0.15, 0.2) is 0 Å². The van der Waals surface area contributed by atoms with Gasteiger partial charge in [0.1, 0.15) is 0 Å². The first kappa shape index (κ1) is 9.40. The van der Waals surface area contributed by atoms with Crippen molar-refractivity contribution in [2.75, 3.05) is 0 Å². The van der Waals surface area contributed by atoms with Crippen LogP contribution < -0.4 is 0 Å². The number of carbonyl (C=O) groups is 1. The van der Waals surface area contributed by atoms with E-state index < -0.39 is 0 Å². The van der Waals surface area contributed by atoms with E-state index in [0.717, 1.165) is 19.3 Å². The van der Waals surface area contributed by atoms with Crippen LogP contribution in [0.25, 0.3) is 0 Å². The zero-order valence-corrected chi connectivity index (χ0v) is 8.14. The molecule has 0 rings (SSSR count). The number of hydrogen-bond donors (Lipinski definition) is 0. The first-order chi connectivity index (χ1) is 4.22. The normalized spacial score (nSPS) is 13.2. The van der Waals surface area contributed by atoms with Crippen molar-refractivity contribution >= 4 is 26.4 Å². The quantitative estimate of drug-likeness (QED) is 0.545. The van der Waals surface area contributed by atoms with Gasteiger partial charge in [-0.25, -0.2) is 0 Å². The maximum Gasteiger partial charge on any atom is 0.195 e. The number of hydrogen-bond acceptors (Lipinski definition) is 1. The SMILES string of the molecule is CCCC(CC)C(=O)I. The third-order valence-electron chi connectivity index (χ3n) is 1.45. The van der Waals surface area contributed by atoms with Gasteiger partial charge in [-0.05, 0) is 35.4 Å². The Morgan fingerprint density at radius 3 is 2.22 bits per heavy atom. The molecule has 2 heteroatoms. The van der Waals surface area contributed by atoms with E-state index in [0.29, 0.717) is 9.71 Å². The molecule has 0 saturated heterocycles. The lowest BCUT2D eigenvalue weighted by Gasteiger charge is -2.05. The van der Waals surface area contributed by atoms with Crippen molar-refractivity contribution in [2.24, 2.45) is 5.92 Å². The molecule has 1 unspecified atom stereocenters. The van der Waals surface area contributed by atoms with Crippen LogP contribution in [0, 0.1) is 5.92 Å². The van der Waals surface area contributed by atoms with Crippen LogP contribution in [0.4, 0.5) is 0 Å². The summed E-state index contributed by atoms with van der Waals surface area (Å²) in [5.41, 5.74) is 0. The van der Waals surface area contributed by atoms with Crippen LogP contribution in [0.2, 0.25) is 0 Å². The molecule has 0 N–H and O–H groups in total. The Morgan fingerprint density at radius 1 is 1.56 bits per heavy atom. The molecule has 9 heavy (non-hydrogen) atoms. The minimum Gasteiger partial charge on any atom is -0.287 e. The molecular weight excluding hydrogens is 227 g/mol. The highest BCUT2D eigenvalue weighted by atomic mass is 127. The van der Waals surface area contributed by atoms with E-state index in [-0.39, 0.29) is 0 Å². The summed E-state index contributed by atoms with van der Waals surface area (Å²) in [6, 6.07) is 0. The lowest BCUT2D eigenvalue weighted by Crippen LogP contribution is -2.05. The molecule has 0 spiro atoms. The second-order valence-electron chi connectivity index (χ2n) is 2.20.